The van der Waals surface area contributed by atoms with Crippen molar-refractivity contribution in [2.24, 2.45) is 0 Å². The normalized spacial score (nSPS) is 11.0. The molecule has 5 heteroatoms. The summed E-state index contributed by atoms with van der Waals surface area (Å²) >= 11 is 0. The summed E-state index contributed by atoms with van der Waals surface area (Å²) < 4.78 is 4.98. The van der Waals surface area contributed by atoms with Crippen molar-refractivity contribution in [3.63, 3.8) is 0 Å². The molecular weight excluding hydrogens is 304 g/mol. The minimum Gasteiger partial charge on any atom is -0.462 e. The Bertz CT molecular complexity index is 959. The van der Waals surface area contributed by atoms with Gasteiger partial charge in [-0.25, -0.2) is 9.78 Å². The van der Waals surface area contributed by atoms with E-state index in [0.717, 1.165) is 5.56 Å². The van der Waals surface area contributed by atoms with E-state index in [9.17, 15) is 9.59 Å². The van der Waals surface area contributed by atoms with Crippen molar-refractivity contribution >= 4 is 29.0 Å². The van der Waals surface area contributed by atoms with Gasteiger partial charge in [-0.05, 0) is 36.8 Å². The maximum Gasteiger partial charge on any atom is 0.338 e. The average molecular weight is 320 g/mol. The molecule has 5 nitrogen and oxygen atoms in total. The SMILES string of the molecule is CCOC(=O)c1ccc2c(=O)[nH]c(/C=C/c3ccccc3)nc2c1. The van der Waals surface area contributed by atoms with Gasteiger partial charge in [0.1, 0.15) is 5.82 Å². The number of carbonyl (C=O) groups is 1. The molecule has 3 aromatic rings. The van der Waals surface area contributed by atoms with E-state index in [-0.39, 0.29) is 5.56 Å². The van der Waals surface area contributed by atoms with Gasteiger partial charge in [-0.3, -0.25) is 4.79 Å². The molecule has 0 radical (unpaired) electrons. The molecule has 0 aliphatic carbocycles. The Labute approximate surface area is 138 Å². The first kappa shape index (κ1) is 15.7. The molecule has 0 atom stereocenters. The van der Waals surface area contributed by atoms with Crippen LogP contribution < -0.4 is 5.56 Å². The molecule has 24 heavy (non-hydrogen) atoms. The van der Waals surface area contributed by atoms with E-state index < -0.39 is 5.97 Å². The van der Waals surface area contributed by atoms with Crippen molar-refractivity contribution < 1.29 is 9.53 Å². The van der Waals surface area contributed by atoms with Crippen LogP contribution in [0.4, 0.5) is 0 Å². The molecule has 0 saturated heterocycles. The summed E-state index contributed by atoms with van der Waals surface area (Å²) in [5, 5.41) is 0.430. The van der Waals surface area contributed by atoms with Crippen molar-refractivity contribution in [3.8, 4) is 0 Å². The van der Waals surface area contributed by atoms with Crippen LogP contribution in [0, 0.1) is 0 Å². The quantitative estimate of drug-likeness (QED) is 0.749. The van der Waals surface area contributed by atoms with Crippen LogP contribution in [-0.4, -0.2) is 22.5 Å². The number of aromatic nitrogens is 2. The lowest BCUT2D eigenvalue weighted by Crippen LogP contribution is -2.11. The molecule has 0 fully saturated rings. The maximum absolute atomic E-state index is 12.2. The number of hydrogen-bond acceptors (Lipinski definition) is 4. The summed E-state index contributed by atoms with van der Waals surface area (Å²) in [6.45, 7) is 2.04. The van der Waals surface area contributed by atoms with Crippen molar-refractivity contribution in [2.75, 3.05) is 6.61 Å². The zero-order valence-electron chi connectivity index (χ0n) is 13.2. The second-order valence-corrected chi connectivity index (χ2v) is 5.15. The fourth-order valence-electron chi connectivity index (χ4n) is 2.32. The number of rotatable bonds is 4. The molecule has 0 aliphatic rings. The third kappa shape index (κ3) is 3.41. The van der Waals surface area contributed by atoms with Gasteiger partial charge in [-0.2, -0.15) is 0 Å². The highest BCUT2D eigenvalue weighted by atomic mass is 16.5. The summed E-state index contributed by atoms with van der Waals surface area (Å²) in [7, 11) is 0. The molecule has 3 rings (SSSR count). The Morgan fingerprint density at radius 1 is 1.17 bits per heavy atom. The molecular formula is C19H16N2O3. The second kappa shape index (κ2) is 6.91. The molecule has 0 saturated carbocycles. The molecule has 1 N–H and O–H groups in total. The van der Waals surface area contributed by atoms with Crippen LogP contribution in [0.5, 0.6) is 0 Å². The lowest BCUT2D eigenvalue weighted by molar-refractivity contribution is 0.0526. The predicted octanol–water partition coefficient (Wildman–Crippen LogP) is 3.27. The van der Waals surface area contributed by atoms with Gasteiger partial charge in [0.15, 0.2) is 0 Å². The van der Waals surface area contributed by atoms with Crippen molar-refractivity contribution in [3.05, 3.63) is 75.8 Å². The number of nitrogens with one attached hydrogen (secondary N) is 1. The summed E-state index contributed by atoms with van der Waals surface area (Å²) in [6, 6.07) is 14.4. The van der Waals surface area contributed by atoms with Crippen molar-refractivity contribution in [1.29, 1.82) is 0 Å². The van der Waals surface area contributed by atoms with E-state index in [1.165, 1.54) is 0 Å². The largest absolute Gasteiger partial charge is 0.462 e. The maximum atomic E-state index is 12.2. The van der Waals surface area contributed by atoms with Crippen LogP contribution in [0.3, 0.4) is 0 Å². The molecule has 1 heterocycles. The van der Waals surface area contributed by atoms with Crippen LogP contribution in [0.1, 0.15) is 28.7 Å². The first-order chi connectivity index (χ1) is 11.7. The first-order valence-corrected chi connectivity index (χ1v) is 7.61. The number of carbonyl (C=O) groups excluding carboxylic acids is 1. The van der Waals surface area contributed by atoms with Gasteiger partial charge in [0.2, 0.25) is 0 Å². The lowest BCUT2D eigenvalue weighted by Gasteiger charge is -2.03. The molecule has 0 aliphatic heterocycles. The van der Waals surface area contributed by atoms with Gasteiger partial charge in [0, 0.05) is 0 Å². The third-order valence-electron chi connectivity index (χ3n) is 3.47. The minimum atomic E-state index is -0.428. The Morgan fingerprint density at radius 3 is 2.71 bits per heavy atom. The van der Waals surface area contributed by atoms with Gasteiger partial charge in [0.05, 0.1) is 23.1 Å². The van der Waals surface area contributed by atoms with Gasteiger partial charge >= 0.3 is 5.97 Å². The number of H-pyrrole nitrogens is 1. The number of ether oxygens (including phenoxy) is 1. The number of hydrogen-bond donors (Lipinski definition) is 1. The van der Waals surface area contributed by atoms with Crippen LogP contribution >= 0.6 is 0 Å². The van der Waals surface area contributed by atoms with Crippen molar-refractivity contribution in [2.45, 2.75) is 6.92 Å². The fourth-order valence-corrected chi connectivity index (χ4v) is 2.32. The minimum absolute atomic E-state index is 0.247. The number of esters is 1. The van der Waals surface area contributed by atoms with Crippen LogP contribution in [0.2, 0.25) is 0 Å². The van der Waals surface area contributed by atoms with Crippen LogP contribution in [0.25, 0.3) is 23.1 Å². The standard InChI is InChI=1S/C19H16N2O3/c1-2-24-19(23)14-9-10-15-16(12-14)20-17(21-18(15)22)11-8-13-6-4-3-5-7-13/h3-12H,2H2,1H3,(H,20,21,22)/b11-8+. The monoisotopic (exact) mass is 320 g/mol. The number of aromatic amines is 1. The second-order valence-electron chi connectivity index (χ2n) is 5.15. The smallest absolute Gasteiger partial charge is 0.338 e. The zero-order valence-corrected chi connectivity index (χ0v) is 13.2. The Kier molecular flexibility index (Phi) is 4.52. The van der Waals surface area contributed by atoms with Crippen LogP contribution in [-0.2, 0) is 4.74 Å². The number of benzene rings is 2. The molecule has 0 amide bonds. The van der Waals surface area contributed by atoms with E-state index >= 15 is 0 Å². The average Bonchev–Trinajstić information content (AvgIpc) is 2.60. The molecule has 120 valence electrons. The van der Waals surface area contributed by atoms with E-state index in [4.69, 9.17) is 4.74 Å². The van der Waals surface area contributed by atoms with Gasteiger partial charge in [-0.15, -0.1) is 0 Å². The molecule has 1 aromatic heterocycles. The molecule has 2 aromatic carbocycles. The highest BCUT2D eigenvalue weighted by Gasteiger charge is 2.09. The highest BCUT2D eigenvalue weighted by Crippen LogP contribution is 2.13. The van der Waals surface area contributed by atoms with Crippen molar-refractivity contribution in [1.82, 2.24) is 9.97 Å². The summed E-state index contributed by atoms with van der Waals surface area (Å²) in [5.74, 6) is 0.000205. The number of fused-ring (bicyclic) bond motifs is 1. The number of nitrogens with zero attached hydrogens (tertiary/aromatic N) is 1. The molecule has 0 bridgehead atoms. The summed E-state index contributed by atoms with van der Waals surface area (Å²) in [4.78, 5) is 31.1. The summed E-state index contributed by atoms with van der Waals surface area (Å²) in [6.07, 6.45) is 3.59. The Balaban J connectivity index is 1.99. The van der Waals surface area contributed by atoms with Crippen LogP contribution in [0.15, 0.2) is 53.3 Å². The molecule has 0 unspecified atom stereocenters. The van der Waals surface area contributed by atoms with Gasteiger partial charge in [-0.1, -0.05) is 36.4 Å². The highest BCUT2D eigenvalue weighted by molar-refractivity contribution is 5.94. The Morgan fingerprint density at radius 2 is 1.96 bits per heavy atom. The van der Waals surface area contributed by atoms with E-state index in [2.05, 4.69) is 9.97 Å². The van der Waals surface area contributed by atoms with E-state index in [0.29, 0.717) is 28.9 Å². The predicted molar refractivity (Wildman–Crippen MR) is 93.7 cm³/mol. The van der Waals surface area contributed by atoms with E-state index in [1.54, 1.807) is 31.2 Å². The topological polar surface area (TPSA) is 72.1 Å². The van der Waals surface area contributed by atoms with Gasteiger partial charge in [0.25, 0.3) is 5.56 Å². The third-order valence-corrected chi connectivity index (χ3v) is 3.47. The first-order valence-electron chi connectivity index (χ1n) is 7.61. The lowest BCUT2D eigenvalue weighted by atomic mass is 10.1. The Hall–Kier alpha value is -3.21. The van der Waals surface area contributed by atoms with E-state index in [1.807, 2.05) is 36.4 Å². The summed E-state index contributed by atoms with van der Waals surface area (Å²) in [5.41, 5.74) is 1.58. The molecule has 0 spiro atoms. The fraction of sp³-hybridized carbons (Fsp3) is 0.105. The zero-order chi connectivity index (χ0) is 16.9. The van der Waals surface area contributed by atoms with Gasteiger partial charge < -0.3 is 9.72 Å².